The standard InChI is InChI=1S/C29H25N5/c1-20-6-5-9-27(33-20)29-28(31-19-32-29)22-10-11-26-24(14-22)15-25(16-30-26)23-12-13-34(18-23)17-21-7-3-2-4-8-21/h2-12,14-16,19H,13,17-18H2,1H3,(H,31,32). The van der Waals surface area contributed by atoms with E-state index >= 15 is 0 Å². The summed E-state index contributed by atoms with van der Waals surface area (Å²) in [6.45, 7) is 4.86. The molecule has 0 radical (unpaired) electrons. The first-order chi connectivity index (χ1) is 16.7. The Balaban J connectivity index is 1.28. The number of aromatic nitrogens is 4. The third kappa shape index (κ3) is 4.02. The molecule has 1 aliphatic heterocycles. The van der Waals surface area contributed by atoms with E-state index in [1.54, 1.807) is 6.33 Å². The molecule has 4 heterocycles. The summed E-state index contributed by atoms with van der Waals surface area (Å²) in [5.41, 5.74) is 9.61. The van der Waals surface area contributed by atoms with E-state index in [-0.39, 0.29) is 0 Å². The molecule has 5 aromatic rings. The van der Waals surface area contributed by atoms with Gasteiger partial charge in [-0.2, -0.15) is 0 Å². The van der Waals surface area contributed by atoms with E-state index in [4.69, 9.17) is 4.98 Å². The van der Waals surface area contributed by atoms with Crippen molar-refractivity contribution in [1.29, 1.82) is 0 Å². The third-order valence-electron chi connectivity index (χ3n) is 6.35. The van der Waals surface area contributed by atoms with Gasteiger partial charge in [-0.1, -0.05) is 48.5 Å². The fourth-order valence-corrected chi connectivity index (χ4v) is 4.63. The second-order valence-corrected chi connectivity index (χ2v) is 8.81. The molecule has 0 bridgehead atoms. The van der Waals surface area contributed by atoms with Crippen LogP contribution in [0.25, 0.3) is 39.1 Å². The number of pyridine rings is 2. The van der Waals surface area contributed by atoms with Crippen molar-refractivity contribution in [1.82, 2.24) is 24.8 Å². The number of aryl methyl sites for hydroxylation is 1. The maximum atomic E-state index is 4.75. The molecule has 166 valence electrons. The summed E-state index contributed by atoms with van der Waals surface area (Å²) in [5, 5.41) is 1.11. The van der Waals surface area contributed by atoms with Gasteiger partial charge in [0.1, 0.15) is 0 Å². The quantitative estimate of drug-likeness (QED) is 0.368. The van der Waals surface area contributed by atoms with Crippen LogP contribution < -0.4 is 0 Å². The van der Waals surface area contributed by atoms with Crippen LogP contribution in [0, 0.1) is 6.92 Å². The van der Waals surface area contributed by atoms with Gasteiger partial charge < -0.3 is 4.98 Å². The predicted molar refractivity (Wildman–Crippen MR) is 137 cm³/mol. The van der Waals surface area contributed by atoms with Gasteiger partial charge in [-0.25, -0.2) is 4.98 Å². The first-order valence-electron chi connectivity index (χ1n) is 11.6. The van der Waals surface area contributed by atoms with E-state index in [0.717, 1.165) is 58.9 Å². The van der Waals surface area contributed by atoms with Gasteiger partial charge >= 0.3 is 0 Å². The highest BCUT2D eigenvalue weighted by molar-refractivity contribution is 5.89. The Morgan fingerprint density at radius 2 is 1.79 bits per heavy atom. The lowest BCUT2D eigenvalue weighted by molar-refractivity contribution is 0.348. The lowest BCUT2D eigenvalue weighted by Crippen LogP contribution is -2.20. The van der Waals surface area contributed by atoms with Crippen molar-refractivity contribution >= 4 is 16.5 Å². The Hall–Kier alpha value is -4.09. The van der Waals surface area contributed by atoms with E-state index in [9.17, 15) is 0 Å². The van der Waals surface area contributed by atoms with Crippen LogP contribution in [0.15, 0.2) is 91.4 Å². The zero-order chi connectivity index (χ0) is 22.9. The number of rotatable bonds is 5. The van der Waals surface area contributed by atoms with E-state index < -0.39 is 0 Å². The molecule has 3 aromatic heterocycles. The summed E-state index contributed by atoms with van der Waals surface area (Å²) in [6, 6.07) is 25.3. The van der Waals surface area contributed by atoms with Gasteiger partial charge in [-0.3, -0.25) is 14.9 Å². The van der Waals surface area contributed by atoms with Crippen LogP contribution in [0.4, 0.5) is 0 Å². The number of nitrogens with zero attached hydrogens (tertiary/aromatic N) is 4. The van der Waals surface area contributed by atoms with Gasteiger partial charge in [0.15, 0.2) is 0 Å². The largest absolute Gasteiger partial charge is 0.343 e. The van der Waals surface area contributed by atoms with Crippen LogP contribution in [-0.4, -0.2) is 37.9 Å². The summed E-state index contributed by atoms with van der Waals surface area (Å²) in [6.07, 6.45) is 6.06. The van der Waals surface area contributed by atoms with Crippen LogP contribution in [0.2, 0.25) is 0 Å². The molecular weight excluding hydrogens is 418 g/mol. The van der Waals surface area contributed by atoms with E-state index in [1.165, 1.54) is 16.7 Å². The Kier molecular flexibility index (Phi) is 5.24. The van der Waals surface area contributed by atoms with Crippen LogP contribution in [0.3, 0.4) is 0 Å². The van der Waals surface area contributed by atoms with E-state index in [0.29, 0.717) is 0 Å². The average Bonchev–Trinajstić information content (AvgIpc) is 3.54. The highest BCUT2D eigenvalue weighted by atomic mass is 15.1. The molecule has 0 saturated heterocycles. The number of imidazole rings is 1. The van der Waals surface area contributed by atoms with Crippen LogP contribution in [0.5, 0.6) is 0 Å². The van der Waals surface area contributed by atoms with Crippen molar-refractivity contribution in [2.45, 2.75) is 13.5 Å². The number of H-pyrrole nitrogens is 1. The van der Waals surface area contributed by atoms with Crippen molar-refractivity contribution < 1.29 is 0 Å². The average molecular weight is 444 g/mol. The normalized spacial score (nSPS) is 14.0. The number of aromatic amines is 1. The minimum absolute atomic E-state index is 0.897. The second kappa shape index (κ2) is 8.69. The lowest BCUT2D eigenvalue weighted by atomic mass is 10.0. The smallest absolute Gasteiger partial charge is 0.0977 e. The maximum Gasteiger partial charge on any atom is 0.0977 e. The fraction of sp³-hybridized carbons (Fsp3) is 0.138. The minimum atomic E-state index is 0.897. The summed E-state index contributed by atoms with van der Waals surface area (Å²) in [7, 11) is 0. The highest BCUT2D eigenvalue weighted by Crippen LogP contribution is 2.31. The molecule has 0 fully saturated rings. The van der Waals surface area contributed by atoms with Crippen LogP contribution >= 0.6 is 0 Å². The van der Waals surface area contributed by atoms with Crippen molar-refractivity contribution in [3.8, 4) is 22.6 Å². The zero-order valence-corrected chi connectivity index (χ0v) is 19.1. The Morgan fingerprint density at radius 1 is 0.912 bits per heavy atom. The summed E-state index contributed by atoms with van der Waals surface area (Å²) < 4.78 is 0. The molecule has 0 unspecified atom stereocenters. The first-order valence-corrected chi connectivity index (χ1v) is 11.6. The molecule has 5 heteroatoms. The van der Waals surface area contributed by atoms with Crippen LogP contribution in [-0.2, 0) is 6.54 Å². The summed E-state index contributed by atoms with van der Waals surface area (Å²) >= 11 is 0. The number of hydrogen-bond donors (Lipinski definition) is 1. The fourth-order valence-electron chi connectivity index (χ4n) is 4.63. The molecule has 1 N–H and O–H groups in total. The SMILES string of the molecule is Cc1cccc(-c2[nH]cnc2-c2ccc3ncc(C4=CCN(Cc5ccccc5)C4)cc3c2)n1. The molecule has 0 aliphatic carbocycles. The predicted octanol–water partition coefficient (Wildman–Crippen LogP) is 5.89. The molecule has 6 rings (SSSR count). The number of benzene rings is 2. The number of hydrogen-bond acceptors (Lipinski definition) is 4. The van der Waals surface area contributed by atoms with Gasteiger partial charge in [0.2, 0.25) is 0 Å². The highest BCUT2D eigenvalue weighted by Gasteiger charge is 2.17. The van der Waals surface area contributed by atoms with E-state index in [2.05, 4.69) is 80.5 Å². The lowest BCUT2D eigenvalue weighted by Gasteiger charge is -2.16. The Morgan fingerprint density at radius 3 is 2.68 bits per heavy atom. The Labute approximate surface area is 198 Å². The van der Waals surface area contributed by atoms with Gasteiger partial charge in [0, 0.05) is 42.5 Å². The molecule has 0 atom stereocenters. The molecule has 2 aromatic carbocycles. The minimum Gasteiger partial charge on any atom is -0.343 e. The molecule has 34 heavy (non-hydrogen) atoms. The number of fused-ring (bicyclic) bond motifs is 1. The van der Waals surface area contributed by atoms with Gasteiger partial charge in [-0.15, -0.1) is 0 Å². The first kappa shape index (κ1) is 20.5. The van der Waals surface area contributed by atoms with Gasteiger partial charge in [-0.05, 0) is 54.0 Å². The monoisotopic (exact) mass is 443 g/mol. The molecule has 0 spiro atoms. The van der Waals surface area contributed by atoms with Crippen molar-refractivity contribution in [2.75, 3.05) is 13.1 Å². The van der Waals surface area contributed by atoms with Crippen molar-refractivity contribution in [3.63, 3.8) is 0 Å². The molecular formula is C29H25N5. The summed E-state index contributed by atoms with van der Waals surface area (Å²) in [4.78, 5) is 19.8. The van der Waals surface area contributed by atoms with Crippen molar-refractivity contribution in [3.05, 3.63) is 108 Å². The third-order valence-corrected chi connectivity index (χ3v) is 6.35. The molecule has 5 nitrogen and oxygen atoms in total. The van der Waals surface area contributed by atoms with Crippen molar-refractivity contribution in [2.24, 2.45) is 0 Å². The van der Waals surface area contributed by atoms with E-state index in [1.807, 2.05) is 31.3 Å². The summed E-state index contributed by atoms with van der Waals surface area (Å²) in [5.74, 6) is 0. The molecule has 1 aliphatic rings. The zero-order valence-electron chi connectivity index (χ0n) is 19.1. The second-order valence-electron chi connectivity index (χ2n) is 8.81. The van der Waals surface area contributed by atoms with Gasteiger partial charge in [0.25, 0.3) is 0 Å². The number of nitrogens with one attached hydrogen (secondary N) is 1. The maximum absolute atomic E-state index is 4.75. The topological polar surface area (TPSA) is 57.7 Å². The van der Waals surface area contributed by atoms with Crippen LogP contribution in [0.1, 0.15) is 16.8 Å². The van der Waals surface area contributed by atoms with Gasteiger partial charge in [0.05, 0.1) is 28.9 Å². The molecule has 0 saturated carbocycles. The Bertz CT molecular complexity index is 1500. The molecule has 0 amide bonds.